The van der Waals surface area contributed by atoms with E-state index < -0.39 is 17.4 Å². The van der Waals surface area contributed by atoms with Crippen LogP contribution in [-0.4, -0.2) is 41.0 Å². The number of carbonyl (C=O) groups is 2. The van der Waals surface area contributed by atoms with Gasteiger partial charge in [-0.05, 0) is 59.8 Å². The van der Waals surface area contributed by atoms with Crippen molar-refractivity contribution in [3.8, 4) is 5.75 Å². The fourth-order valence-electron chi connectivity index (χ4n) is 3.47. The second-order valence-corrected chi connectivity index (χ2v) is 7.87. The minimum Gasteiger partial charge on any atom is -0.496 e. The molecule has 2 heterocycles. The lowest BCUT2D eigenvalue weighted by molar-refractivity contribution is -0.116. The van der Waals surface area contributed by atoms with Crippen LogP contribution in [-0.2, 0) is 11.3 Å². The largest absolute Gasteiger partial charge is 0.496 e. The summed E-state index contributed by atoms with van der Waals surface area (Å²) >= 11 is -0.256. The normalized spacial score (nSPS) is 14.6. The van der Waals surface area contributed by atoms with Crippen molar-refractivity contribution in [2.45, 2.75) is 16.9 Å². The number of urea groups is 1. The van der Waals surface area contributed by atoms with Gasteiger partial charge in [0.25, 0.3) is 5.91 Å². The van der Waals surface area contributed by atoms with Gasteiger partial charge in [0.2, 0.25) is 0 Å². The molecular weight excluding hydrogens is 431 g/mol. The van der Waals surface area contributed by atoms with Crippen LogP contribution in [0.2, 0.25) is 0 Å². The molecule has 3 amide bonds. The van der Waals surface area contributed by atoms with Gasteiger partial charge in [-0.1, -0.05) is 6.07 Å². The molecule has 160 valence electrons. The van der Waals surface area contributed by atoms with Crippen LogP contribution < -0.4 is 9.64 Å². The molecular formula is C21H16F3N3O3S. The van der Waals surface area contributed by atoms with Gasteiger partial charge < -0.3 is 9.64 Å². The number of halogens is 3. The van der Waals surface area contributed by atoms with Gasteiger partial charge in [0.05, 0.1) is 18.3 Å². The fraction of sp³-hybridized carbons (Fsp3) is 0.190. The first-order chi connectivity index (χ1) is 14.8. The molecule has 0 spiro atoms. The lowest BCUT2D eigenvalue weighted by Gasteiger charge is -2.19. The molecule has 0 saturated carbocycles. The number of amides is 3. The number of fused-ring (bicyclic) bond motifs is 1. The van der Waals surface area contributed by atoms with E-state index >= 15 is 0 Å². The lowest BCUT2D eigenvalue weighted by atomic mass is 10.1. The lowest BCUT2D eigenvalue weighted by Crippen LogP contribution is -2.32. The first kappa shape index (κ1) is 21.0. The van der Waals surface area contributed by atoms with E-state index in [0.717, 1.165) is 15.8 Å². The first-order valence-corrected chi connectivity index (χ1v) is 9.97. The summed E-state index contributed by atoms with van der Waals surface area (Å²) < 4.78 is 43.0. The molecule has 4 rings (SSSR count). The van der Waals surface area contributed by atoms with Gasteiger partial charge in [-0.25, -0.2) is 9.69 Å². The Hall–Kier alpha value is -3.27. The molecule has 0 bridgehead atoms. The number of hydrogen-bond donors (Lipinski definition) is 0. The highest BCUT2D eigenvalue weighted by Gasteiger charge is 2.37. The molecule has 1 aromatic heterocycles. The second-order valence-electron chi connectivity index (χ2n) is 6.73. The van der Waals surface area contributed by atoms with Crippen LogP contribution in [0.1, 0.15) is 5.56 Å². The first-order valence-electron chi connectivity index (χ1n) is 9.15. The number of pyridine rings is 1. The summed E-state index contributed by atoms with van der Waals surface area (Å²) in [6, 6.07) is 11.8. The zero-order chi connectivity index (χ0) is 22.2. The number of methoxy groups -OCH3 is 1. The van der Waals surface area contributed by atoms with E-state index in [0.29, 0.717) is 11.3 Å². The van der Waals surface area contributed by atoms with Crippen molar-refractivity contribution in [3.05, 3.63) is 60.3 Å². The van der Waals surface area contributed by atoms with E-state index in [9.17, 15) is 22.8 Å². The van der Waals surface area contributed by atoms with E-state index in [-0.39, 0.29) is 35.4 Å². The van der Waals surface area contributed by atoms with Gasteiger partial charge in [-0.3, -0.25) is 9.78 Å². The maximum atomic E-state index is 12.9. The molecule has 1 aliphatic heterocycles. The summed E-state index contributed by atoms with van der Waals surface area (Å²) in [6.07, 6.45) is 1.62. The van der Waals surface area contributed by atoms with Crippen LogP contribution in [0, 0.1) is 0 Å². The van der Waals surface area contributed by atoms with E-state index in [1.807, 2.05) is 12.1 Å². The summed E-state index contributed by atoms with van der Waals surface area (Å²) in [5.41, 5.74) is -2.72. The third kappa shape index (κ3) is 4.29. The number of thioether (sulfide) groups is 1. The monoisotopic (exact) mass is 447 g/mol. The fourth-order valence-corrected chi connectivity index (χ4v) is 4.01. The Bertz CT molecular complexity index is 1150. The number of ether oxygens (including phenoxy) is 1. The van der Waals surface area contributed by atoms with Gasteiger partial charge in [0, 0.05) is 23.0 Å². The number of alkyl halides is 3. The van der Waals surface area contributed by atoms with Gasteiger partial charge in [-0.2, -0.15) is 13.2 Å². The Morgan fingerprint density at radius 3 is 2.52 bits per heavy atom. The smallest absolute Gasteiger partial charge is 0.446 e. The molecule has 3 aromatic rings. The molecule has 31 heavy (non-hydrogen) atoms. The van der Waals surface area contributed by atoms with Crippen LogP contribution in [0.25, 0.3) is 10.9 Å². The van der Waals surface area contributed by atoms with E-state index in [4.69, 9.17) is 4.74 Å². The average Bonchev–Trinajstić information content (AvgIpc) is 3.00. The van der Waals surface area contributed by atoms with Gasteiger partial charge in [-0.15, -0.1) is 0 Å². The molecule has 1 aliphatic rings. The number of anilines is 1. The van der Waals surface area contributed by atoms with E-state index in [2.05, 4.69) is 4.98 Å². The zero-order valence-electron chi connectivity index (χ0n) is 16.2. The third-order valence-electron chi connectivity index (χ3n) is 4.76. The number of benzene rings is 2. The molecule has 2 aromatic carbocycles. The molecule has 0 aliphatic carbocycles. The Kier molecular flexibility index (Phi) is 5.48. The van der Waals surface area contributed by atoms with Gasteiger partial charge in [0.15, 0.2) is 0 Å². The molecule has 6 nitrogen and oxygen atoms in total. The molecule has 0 radical (unpaired) electrons. The Labute approximate surface area is 179 Å². The van der Waals surface area contributed by atoms with Crippen molar-refractivity contribution in [1.29, 1.82) is 0 Å². The van der Waals surface area contributed by atoms with Gasteiger partial charge >= 0.3 is 11.5 Å². The average molecular weight is 447 g/mol. The molecule has 0 atom stereocenters. The minimum atomic E-state index is -4.41. The van der Waals surface area contributed by atoms with Gasteiger partial charge in [0.1, 0.15) is 12.3 Å². The number of aromatic nitrogens is 1. The predicted molar refractivity (Wildman–Crippen MR) is 110 cm³/mol. The van der Waals surface area contributed by atoms with Crippen molar-refractivity contribution in [3.63, 3.8) is 0 Å². The Morgan fingerprint density at radius 2 is 1.84 bits per heavy atom. The number of carbonyl (C=O) groups excluding carboxylic acids is 2. The van der Waals surface area contributed by atoms with Crippen LogP contribution in [0.15, 0.2) is 59.6 Å². The summed E-state index contributed by atoms with van der Waals surface area (Å²) in [4.78, 5) is 32.1. The van der Waals surface area contributed by atoms with E-state index in [1.54, 1.807) is 25.4 Å². The SMILES string of the molecule is COc1cccc2nccc(CN3CC(=O)N(c4ccc(SC(F)(F)F)cc4)C3=O)c12. The maximum absolute atomic E-state index is 12.9. The number of hydrogen-bond acceptors (Lipinski definition) is 5. The van der Waals surface area contributed by atoms with Crippen molar-refractivity contribution >= 4 is 40.3 Å². The Morgan fingerprint density at radius 1 is 1.10 bits per heavy atom. The molecule has 0 unspecified atom stereocenters. The highest BCUT2D eigenvalue weighted by atomic mass is 32.2. The summed E-state index contributed by atoms with van der Waals surface area (Å²) in [6.45, 7) is 0.0132. The molecule has 10 heteroatoms. The molecule has 0 N–H and O–H groups in total. The maximum Gasteiger partial charge on any atom is 0.446 e. The number of nitrogens with zero attached hydrogens (tertiary/aromatic N) is 3. The number of rotatable bonds is 5. The quantitative estimate of drug-likeness (QED) is 0.414. The van der Waals surface area contributed by atoms with Crippen molar-refractivity contribution in [2.75, 3.05) is 18.6 Å². The van der Waals surface area contributed by atoms with Crippen LogP contribution in [0.3, 0.4) is 0 Å². The van der Waals surface area contributed by atoms with Crippen molar-refractivity contribution in [1.82, 2.24) is 9.88 Å². The molecule has 1 fully saturated rings. The summed E-state index contributed by atoms with van der Waals surface area (Å²) in [5.74, 6) is 0.153. The van der Waals surface area contributed by atoms with Crippen LogP contribution in [0.4, 0.5) is 23.7 Å². The second kappa shape index (κ2) is 8.10. The summed E-state index contributed by atoms with van der Waals surface area (Å²) in [5, 5.41) is 0.750. The highest BCUT2D eigenvalue weighted by molar-refractivity contribution is 8.00. The van der Waals surface area contributed by atoms with Crippen molar-refractivity contribution in [2.24, 2.45) is 0 Å². The zero-order valence-corrected chi connectivity index (χ0v) is 17.0. The van der Waals surface area contributed by atoms with Crippen LogP contribution in [0.5, 0.6) is 5.75 Å². The molecule has 1 saturated heterocycles. The predicted octanol–water partition coefficient (Wildman–Crippen LogP) is 4.82. The minimum absolute atomic E-state index is 0.0254. The van der Waals surface area contributed by atoms with E-state index in [1.165, 1.54) is 29.2 Å². The van der Waals surface area contributed by atoms with Crippen molar-refractivity contribution < 1.29 is 27.5 Å². The standard InChI is InChI=1S/C21H16F3N3O3S/c1-30-17-4-2-3-16-19(17)13(9-10-25-16)11-26-12-18(28)27(20(26)29)14-5-7-15(8-6-14)31-21(22,23)24/h2-10H,11-12H2,1H3. The third-order valence-corrected chi connectivity index (χ3v) is 5.50. The highest BCUT2D eigenvalue weighted by Crippen LogP contribution is 2.37. The summed E-state index contributed by atoms with van der Waals surface area (Å²) in [7, 11) is 1.54. The van der Waals surface area contributed by atoms with Crippen LogP contribution >= 0.6 is 11.8 Å². The number of imide groups is 1. The topological polar surface area (TPSA) is 62.7 Å². The Balaban J connectivity index is 1.58.